The lowest BCUT2D eigenvalue weighted by Gasteiger charge is -2.29. The summed E-state index contributed by atoms with van der Waals surface area (Å²) in [4.78, 5) is 21.4. The standard InChI is InChI=1S/C12H7F7O3/c1-5-2-3-6(4-7(5)13)8(20)10(14,15)12(18,19)11(16,17)9(21)22/h2-4H,1H3,(H,21,22). The minimum atomic E-state index is -6.51. The van der Waals surface area contributed by atoms with Crippen molar-refractivity contribution in [1.82, 2.24) is 0 Å². The molecule has 0 aromatic heterocycles. The first-order valence-electron chi connectivity index (χ1n) is 5.44. The highest BCUT2D eigenvalue weighted by Crippen LogP contribution is 2.47. The number of halogens is 7. The van der Waals surface area contributed by atoms with E-state index >= 15 is 0 Å². The Kier molecular flexibility index (Phi) is 4.28. The van der Waals surface area contributed by atoms with Gasteiger partial charge in [0, 0.05) is 5.56 Å². The van der Waals surface area contributed by atoms with E-state index in [1.807, 2.05) is 0 Å². The lowest BCUT2D eigenvalue weighted by molar-refractivity contribution is -0.285. The maximum atomic E-state index is 13.4. The third kappa shape index (κ3) is 2.53. The highest BCUT2D eigenvalue weighted by molar-refractivity contribution is 6.02. The molecule has 0 spiro atoms. The molecule has 0 amide bonds. The number of rotatable bonds is 5. The predicted octanol–water partition coefficient (Wildman–Crippen LogP) is 3.31. The minimum Gasteiger partial charge on any atom is -0.477 e. The van der Waals surface area contributed by atoms with Crippen molar-refractivity contribution in [3.8, 4) is 0 Å². The normalized spacial score (nSPS) is 13.1. The van der Waals surface area contributed by atoms with Gasteiger partial charge in [-0.3, -0.25) is 4.79 Å². The van der Waals surface area contributed by atoms with E-state index in [-0.39, 0.29) is 11.6 Å². The van der Waals surface area contributed by atoms with Crippen LogP contribution in [0, 0.1) is 12.7 Å². The second-order valence-corrected chi connectivity index (χ2v) is 4.32. The highest BCUT2D eigenvalue weighted by atomic mass is 19.3. The molecule has 0 heterocycles. The van der Waals surface area contributed by atoms with Crippen LogP contribution in [0.15, 0.2) is 18.2 Å². The number of aliphatic carboxylic acids is 1. The molecule has 122 valence electrons. The number of carbonyl (C=O) groups is 2. The molecule has 22 heavy (non-hydrogen) atoms. The van der Waals surface area contributed by atoms with Crippen LogP contribution in [-0.2, 0) is 4.79 Å². The summed E-state index contributed by atoms with van der Waals surface area (Å²) in [7, 11) is 0. The number of hydrogen-bond donors (Lipinski definition) is 1. The van der Waals surface area contributed by atoms with Crippen LogP contribution in [-0.4, -0.2) is 34.6 Å². The zero-order chi connectivity index (χ0) is 17.5. The lowest BCUT2D eigenvalue weighted by Crippen LogP contribution is -2.60. The first-order chi connectivity index (χ1) is 9.76. The number of ketones is 1. The van der Waals surface area contributed by atoms with Gasteiger partial charge < -0.3 is 5.11 Å². The Labute approximate surface area is 118 Å². The van der Waals surface area contributed by atoms with Crippen molar-refractivity contribution in [2.45, 2.75) is 24.7 Å². The fourth-order valence-corrected chi connectivity index (χ4v) is 1.39. The van der Waals surface area contributed by atoms with Crippen LogP contribution in [0.5, 0.6) is 0 Å². The maximum absolute atomic E-state index is 13.4. The van der Waals surface area contributed by atoms with Gasteiger partial charge in [0.1, 0.15) is 5.82 Å². The summed E-state index contributed by atoms with van der Waals surface area (Å²) < 4.78 is 91.8. The van der Waals surface area contributed by atoms with E-state index in [4.69, 9.17) is 5.11 Å². The van der Waals surface area contributed by atoms with Gasteiger partial charge in [0.15, 0.2) is 0 Å². The first kappa shape index (κ1) is 17.9. The second-order valence-electron chi connectivity index (χ2n) is 4.32. The topological polar surface area (TPSA) is 54.4 Å². The number of carbonyl (C=O) groups excluding carboxylic acids is 1. The van der Waals surface area contributed by atoms with Crippen molar-refractivity contribution >= 4 is 11.8 Å². The Morgan fingerprint density at radius 1 is 1.00 bits per heavy atom. The smallest absolute Gasteiger partial charge is 0.411 e. The molecule has 0 fully saturated rings. The van der Waals surface area contributed by atoms with Gasteiger partial charge in [-0.25, -0.2) is 9.18 Å². The zero-order valence-electron chi connectivity index (χ0n) is 10.6. The van der Waals surface area contributed by atoms with Gasteiger partial charge in [-0.1, -0.05) is 12.1 Å². The molecule has 0 radical (unpaired) electrons. The van der Waals surface area contributed by atoms with Crippen molar-refractivity contribution < 1.29 is 45.4 Å². The van der Waals surface area contributed by atoms with Crippen molar-refractivity contribution in [2.75, 3.05) is 0 Å². The van der Waals surface area contributed by atoms with E-state index in [1.54, 1.807) is 0 Å². The minimum absolute atomic E-state index is 0.109. The third-order valence-corrected chi connectivity index (χ3v) is 2.78. The summed E-state index contributed by atoms with van der Waals surface area (Å²) in [6.07, 6.45) is 0. The number of carboxylic acids is 1. The van der Waals surface area contributed by atoms with Crippen molar-refractivity contribution in [3.05, 3.63) is 35.1 Å². The monoisotopic (exact) mass is 332 g/mol. The van der Waals surface area contributed by atoms with E-state index in [2.05, 4.69) is 0 Å². The molecule has 0 aliphatic carbocycles. The van der Waals surface area contributed by atoms with Crippen molar-refractivity contribution in [1.29, 1.82) is 0 Å². The molecule has 1 N–H and O–H groups in total. The van der Waals surface area contributed by atoms with Gasteiger partial charge in [0.05, 0.1) is 0 Å². The van der Waals surface area contributed by atoms with E-state index in [0.717, 1.165) is 6.07 Å². The number of carboxylic acid groups (broad SMARTS) is 1. The van der Waals surface area contributed by atoms with Gasteiger partial charge in [0.2, 0.25) is 5.78 Å². The number of hydrogen-bond acceptors (Lipinski definition) is 2. The van der Waals surface area contributed by atoms with Gasteiger partial charge in [-0.15, -0.1) is 0 Å². The van der Waals surface area contributed by atoms with Crippen LogP contribution in [0.1, 0.15) is 15.9 Å². The quantitative estimate of drug-likeness (QED) is 0.665. The van der Waals surface area contributed by atoms with Crippen molar-refractivity contribution in [2.24, 2.45) is 0 Å². The number of alkyl halides is 6. The van der Waals surface area contributed by atoms with Crippen LogP contribution in [0.4, 0.5) is 30.7 Å². The molecule has 0 aliphatic heterocycles. The molecule has 0 saturated heterocycles. The molecule has 10 heteroatoms. The maximum Gasteiger partial charge on any atom is 0.411 e. The zero-order valence-corrected chi connectivity index (χ0v) is 10.6. The molecule has 1 aromatic rings. The number of aryl methyl sites for hydroxylation is 1. The van der Waals surface area contributed by atoms with Crippen LogP contribution < -0.4 is 0 Å². The Hall–Kier alpha value is -2.13. The lowest BCUT2D eigenvalue weighted by atomic mass is 9.95. The molecule has 3 nitrogen and oxygen atoms in total. The molecule has 0 bridgehead atoms. The third-order valence-electron chi connectivity index (χ3n) is 2.78. The molecule has 0 unspecified atom stereocenters. The Balaban J connectivity index is 3.35. The summed E-state index contributed by atoms with van der Waals surface area (Å²) >= 11 is 0. The fraction of sp³-hybridized carbons (Fsp3) is 0.333. The summed E-state index contributed by atoms with van der Waals surface area (Å²) in [5.41, 5.74) is -1.41. The Morgan fingerprint density at radius 3 is 1.91 bits per heavy atom. The molecule has 1 rings (SSSR count). The van der Waals surface area contributed by atoms with Gasteiger partial charge in [0.25, 0.3) is 0 Å². The predicted molar refractivity (Wildman–Crippen MR) is 57.9 cm³/mol. The van der Waals surface area contributed by atoms with Crippen LogP contribution >= 0.6 is 0 Å². The molecule has 0 saturated carbocycles. The second kappa shape index (κ2) is 5.25. The number of benzene rings is 1. The average Bonchev–Trinajstić information content (AvgIpc) is 2.40. The SMILES string of the molecule is Cc1ccc(C(=O)C(F)(F)C(F)(F)C(F)(F)C(=O)O)cc1F. The van der Waals surface area contributed by atoms with Crippen LogP contribution in [0.25, 0.3) is 0 Å². The van der Waals surface area contributed by atoms with Crippen LogP contribution in [0.3, 0.4) is 0 Å². The first-order valence-corrected chi connectivity index (χ1v) is 5.44. The summed E-state index contributed by atoms with van der Waals surface area (Å²) in [5, 5.41) is 7.94. The molecular formula is C12H7F7O3. The Morgan fingerprint density at radius 2 is 1.50 bits per heavy atom. The van der Waals surface area contributed by atoms with Gasteiger partial charge in [-0.2, -0.15) is 26.3 Å². The van der Waals surface area contributed by atoms with E-state index in [9.17, 15) is 40.3 Å². The Bertz CT molecular complexity index is 625. The van der Waals surface area contributed by atoms with Crippen LogP contribution in [0.2, 0.25) is 0 Å². The highest BCUT2D eigenvalue weighted by Gasteiger charge is 2.78. The van der Waals surface area contributed by atoms with E-state index < -0.39 is 40.9 Å². The molecular weight excluding hydrogens is 325 g/mol. The average molecular weight is 332 g/mol. The summed E-state index contributed by atoms with van der Waals surface area (Å²) in [6.45, 7) is 1.18. The largest absolute Gasteiger partial charge is 0.477 e. The molecule has 1 aromatic carbocycles. The van der Waals surface area contributed by atoms with Gasteiger partial charge in [-0.05, 0) is 18.6 Å². The fourth-order valence-electron chi connectivity index (χ4n) is 1.39. The molecule has 0 atom stereocenters. The number of Topliss-reactive ketones (excluding diaryl/α,β-unsaturated/α-hetero) is 1. The van der Waals surface area contributed by atoms with Crippen molar-refractivity contribution in [3.63, 3.8) is 0 Å². The van der Waals surface area contributed by atoms with E-state index in [1.165, 1.54) is 6.92 Å². The summed E-state index contributed by atoms with van der Waals surface area (Å²) in [5.74, 6) is -26.3. The van der Waals surface area contributed by atoms with Gasteiger partial charge >= 0.3 is 23.7 Å². The molecule has 0 aliphatic rings. The summed E-state index contributed by atoms with van der Waals surface area (Å²) in [6, 6.07) is 1.50. The van der Waals surface area contributed by atoms with E-state index in [0.29, 0.717) is 6.07 Å².